The Morgan fingerprint density at radius 1 is 1.21 bits per heavy atom. The van der Waals surface area contributed by atoms with Gasteiger partial charge in [0.25, 0.3) is 5.91 Å². The van der Waals surface area contributed by atoms with Gasteiger partial charge in [-0.25, -0.2) is 4.39 Å². The number of anilines is 1. The van der Waals surface area contributed by atoms with Crippen molar-refractivity contribution in [1.29, 1.82) is 0 Å². The zero-order valence-electron chi connectivity index (χ0n) is 14.4. The van der Waals surface area contributed by atoms with Crippen molar-refractivity contribution in [3.05, 3.63) is 59.4 Å². The number of hydrogen-bond acceptors (Lipinski definition) is 2. The first kappa shape index (κ1) is 17.9. The summed E-state index contributed by atoms with van der Waals surface area (Å²) < 4.78 is 18.7. The lowest BCUT2D eigenvalue weighted by molar-refractivity contribution is -0.903. The van der Waals surface area contributed by atoms with Crippen LogP contribution in [0.3, 0.4) is 0 Å². The molecule has 0 radical (unpaired) electrons. The third kappa shape index (κ3) is 5.06. The summed E-state index contributed by atoms with van der Waals surface area (Å²) in [5.74, 6) is -0.201. The highest BCUT2D eigenvalue weighted by Gasteiger charge is 2.14. The van der Waals surface area contributed by atoms with E-state index in [4.69, 9.17) is 4.74 Å². The molecule has 1 atom stereocenters. The van der Waals surface area contributed by atoms with Crippen molar-refractivity contribution in [3.63, 3.8) is 0 Å². The SMILES string of the molecule is CC[NH+](CC(=O)Nc1ccc(C)cc1)Cc1ccc(OC)c(F)c1. The molecular weight excluding hydrogens is 307 g/mol. The van der Waals surface area contributed by atoms with E-state index in [1.807, 2.05) is 44.2 Å². The van der Waals surface area contributed by atoms with Crippen LogP contribution in [0.4, 0.5) is 10.1 Å². The van der Waals surface area contributed by atoms with E-state index in [9.17, 15) is 9.18 Å². The molecule has 24 heavy (non-hydrogen) atoms. The number of likely N-dealkylation sites (N-methyl/N-ethyl adjacent to an activating group) is 1. The van der Waals surface area contributed by atoms with Crippen LogP contribution < -0.4 is 15.0 Å². The van der Waals surface area contributed by atoms with E-state index in [0.29, 0.717) is 13.1 Å². The molecule has 128 valence electrons. The van der Waals surface area contributed by atoms with Crippen molar-refractivity contribution in [2.24, 2.45) is 0 Å². The molecule has 1 unspecified atom stereocenters. The number of amides is 1. The van der Waals surface area contributed by atoms with Crippen LogP contribution in [0.1, 0.15) is 18.1 Å². The first-order valence-electron chi connectivity index (χ1n) is 8.04. The minimum Gasteiger partial charge on any atom is -0.494 e. The Balaban J connectivity index is 1.94. The fourth-order valence-electron chi connectivity index (χ4n) is 2.49. The number of carbonyl (C=O) groups excluding carboxylic acids is 1. The lowest BCUT2D eigenvalue weighted by atomic mass is 10.2. The fourth-order valence-corrected chi connectivity index (χ4v) is 2.49. The van der Waals surface area contributed by atoms with Crippen molar-refractivity contribution in [3.8, 4) is 5.75 Å². The number of benzene rings is 2. The summed E-state index contributed by atoms with van der Waals surface area (Å²) >= 11 is 0. The molecule has 1 amide bonds. The minimum atomic E-state index is -0.380. The van der Waals surface area contributed by atoms with Crippen LogP contribution in [0, 0.1) is 12.7 Å². The maximum absolute atomic E-state index is 13.8. The van der Waals surface area contributed by atoms with Crippen LogP contribution in [0.25, 0.3) is 0 Å². The molecule has 0 aromatic heterocycles. The summed E-state index contributed by atoms with van der Waals surface area (Å²) in [6.07, 6.45) is 0. The van der Waals surface area contributed by atoms with E-state index in [1.165, 1.54) is 13.2 Å². The van der Waals surface area contributed by atoms with Gasteiger partial charge in [-0.15, -0.1) is 0 Å². The maximum atomic E-state index is 13.8. The highest BCUT2D eigenvalue weighted by Crippen LogP contribution is 2.17. The quantitative estimate of drug-likeness (QED) is 0.817. The van der Waals surface area contributed by atoms with Gasteiger partial charge in [-0.2, -0.15) is 0 Å². The molecule has 2 aromatic rings. The second-order valence-corrected chi connectivity index (χ2v) is 5.84. The van der Waals surface area contributed by atoms with Gasteiger partial charge in [-0.05, 0) is 44.2 Å². The Bertz CT molecular complexity index is 686. The fraction of sp³-hybridized carbons (Fsp3) is 0.316. The first-order chi connectivity index (χ1) is 11.5. The van der Waals surface area contributed by atoms with Gasteiger partial charge in [-0.3, -0.25) is 4.79 Å². The lowest BCUT2D eigenvalue weighted by Crippen LogP contribution is -3.11. The van der Waals surface area contributed by atoms with Gasteiger partial charge in [-0.1, -0.05) is 17.7 Å². The van der Waals surface area contributed by atoms with Crippen LogP contribution in [-0.2, 0) is 11.3 Å². The summed E-state index contributed by atoms with van der Waals surface area (Å²) in [6.45, 7) is 5.70. The number of nitrogens with one attached hydrogen (secondary N) is 2. The molecular formula is C19H24FN2O2+. The van der Waals surface area contributed by atoms with E-state index < -0.39 is 0 Å². The lowest BCUT2D eigenvalue weighted by Gasteiger charge is -2.17. The molecule has 0 heterocycles. The molecule has 0 saturated carbocycles. The van der Waals surface area contributed by atoms with Gasteiger partial charge in [0.15, 0.2) is 18.1 Å². The molecule has 0 fully saturated rings. The molecule has 0 spiro atoms. The Morgan fingerprint density at radius 3 is 2.50 bits per heavy atom. The molecule has 0 aliphatic carbocycles. The van der Waals surface area contributed by atoms with Crippen LogP contribution in [0.2, 0.25) is 0 Å². The molecule has 4 nitrogen and oxygen atoms in total. The number of ether oxygens (including phenoxy) is 1. The van der Waals surface area contributed by atoms with Crippen LogP contribution in [0.15, 0.2) is 42.5 Å². The second-order valence-electron chi connectivity index (χ2n) is 5.84. The zero-order valence-corrected chi connectivity index (χ0v) is 14.4. The summed E-state index contributed by atoms with van der Waals surface area (Å²) in [5.41, 5.74) is 2.78. The van der Waals surface area contributed by atoms with Gasteiger partial charge in [0, 0.05) is 11.3 Å². The van der Waals surface area contributed by atoms with Crippen LogP contribution >= 0.6 is 0 Å². The van der Waals surface area contributed by atoms with Crippen LogP contribution in [0.5, 0.6) is 5.75 Å². The highest BCUT2D eigenvalue weighted by molar-refractivity contribution is 5.91. The molecule has 5 heteroatoms. The van der Waals surface area contributed by atoms with Crippen molar-refractivity contribution in [2.75, 3.05) is 25.5 Å². The van der Waals surface area contributed by atoms with E-state index >= 15 is 0 Å². The van der Waals surface area contributed by atoms with Gasteiger partial charge in [0.1, 0.15) is 6.54 Å². The topological polar surface area (TPSA) is 42.8 Å². The Kier molecular flexibility index (Phi) is 6.32. The van der Waals surface area contributed by atoms with Gasteiger partial charge in [0.2, 0.25) is 0 Å². The predicted octanol–water partition coefficient (Wildman–Crippen LogP) is 2.19. The highest BCUT2D eigenvalue weighted by atomic mass is 19.1. The molecule has 2 aromatic carbocycles. The summed E-state index contributed by atoms with van der Waals surface area (Å²) in [5, 5.41) is 2.90. The van der Waals surface area contributed by atoms with Crippen LogP contribution in [-0.4, -0.2) is 26.1 Å². The standard InChI is InChI=1S/C19H23FN2O2/c1-4-22(12-15-7-10-18(24-3)17(20)11-15)13-19(23)21-16-8-5-14(2)6-9-16/h5-11H,4,12-13H2,1-3H3,(H,21,23)/p+1. The molecule has 0 saturated heterocycles. The Labute approximate surface area is 142 Å². The monoisotopic (exact) mass is 331 g/mol. The third-order valence-electron chi connectivity index (χ3n) is 3.92. The first-order valence-corrected chi connectivity index (χ1v) is 8.04. The third-order valence-corrected chi connectivity index (χ3v) is 3.92. The average Bonchev–Trinajstić information content (AvgIpc) is 2.56. The number of rotatable bonds is 7. The number of aryl methyl sites for hydroxylation is 1. The van der Waals surface area contributed by atoms with Gasteiger partial charge in [0.05, 0.1) is 13.7 Å². The molecule has 0 aliphatic heterocycles. The largest absolute Gasteiger partial charge is 0.494 e. The normalized spacial score (nSPS) is 11.8. The number of hydrogen-bond donors (Lipinski definition) is 2. The smallest absolute Gasteiger partial charge is 0.279 e. The van der Waals surface area contributed by atoms with Crippen molar-refractivity contribution in [1.82, 2.24) is 0 Å². The Hall–Kier alpha value is -2.40. The second kappa shape index (κ2) is 8.45. The predicted molar refractivity (Wildman–Crippen MR) is 92.8 cm³/mol. The Morgan fingerprint density at radius 2 is 1.92 bits per heavy atom. The summed E-state index contributed by atoms with van der Waals surface area (Å²) in [4.78, 5) is 13.3. The van der Waals surface area contributed by atoms with E-state index in [-0.39, 0.29) is 17.5 Å². The average molecular weight is 331 g/mol. The zero-order chi connectivity index (χ0) is 17.5. The minimum absolute atomic E-state index is 0.0512. The molecule has 2 rings (SSSR count). The maximum Gasteiger partial charge on any atom is 0.279 e. The summed E-state index contributed by atoms with van der Waals surface area (Å²) in [7, 11) is 1.44. The van der Waals surface area contributed by atoms with Crippen molar-refractivity contribution in [2.45, 2.75) is 20.4 Å². The van der Waals surface area contributed by atoms with Crippen molar-refractivity contribution >= 4 is 11.6 Å². The molecule has 0 bridgehead atoms. The van der Waals surface area contributed by atoms with E-state index in [1.54, 1.807) is 6.07 Å². The van der Waals surface area contributed by atoms with E-state index in [2.05, 4.69) is 5.32 Å². The number of quaternary nitrogens is 1. The number of halogens is 1. The van der Waals surface area contributed by atoms with Crippen molar-refractivity contribution < 1.29 is 18.8 Å². The summed E-state index contributed by atoms with van der Waals surface area (Å²) in [6, 6.07) is 12.6. The number of methoxy groups -OCH3 is 1. The molecule has 0 aliphatic rings. The van der Waals surface area contributed by atoms with E-state index in [0.717, 1.165) is 28.3 Å². The van der Waals surface area contributed by atoms with Gasteiger partial charge >= 0.3 is 0 Å². The van der Waals surface area contributed by atoms with Gasteiger partial charge < -0.3 is 15.0 Å². The molecule has 2 N–H and O–H groups in total. The number of carbonyl (C=O) groups is 1.